The number of nitrogens with one attached hydrogen (secondary N) is 1. The average Bonchev–Trinajstić information content (AvgIpc) is 3.17. The van der Waals surface area contributed by atoms with Gasteiger partial charge in [-0.15, -0.1) is 11.3 Å². The lowest BCUT2D eigenvalue weighted by molar-refractivity contribution is -0.121. The zero-order valence-corrected chi connectivity index (χ0v) is 16.0. The van der Waals surface area contributed by atoms with Crippen LogP contribution in [0, 0.1) is 0 Å². The summed E-state index contributed by atoms with van der Waals surface area (Å²) in [6.45, 7) is 0.0957. The van der Waals surface area contributed by atoms with Crippen molar-refractivity contribution in [3.8, 4) is 17.2 Å². The van der Waals surface area contributed by atoms with Gasteiger partial charge >= 0.3 is 0 Å². The van der Waals surface area contributed by atoms with Crippen LogP contribution >= 0.6 is 11.3 Å². The van der Waals surface area contributed by atoms with E-state index in [0.717, 1.165) is 5.56 Å². The molecule has 0 saturated carbocycles. The Bertz CT molecular complexity index is 1030. The lowest BCUT2D eigenvalue weighted by atomic mass is 10.1. The molecule has 9 heteroatoms. The van der Waals surface area contributed by atoms with Gasteiger partial charge in [0.2, 0.25) is 5.91 Å². The molecule has 0 aliphatic heterocycles. The highest BCUT2D eigenvalue weighted by Gasteiger charge is 2.14. The van der Waals surface area contributed by atoms with Crippen molar-refractivity contribution in [2.75, 3.05) is 21.3 Å². The van der Waals surface area contributed by atoms with Crippen LogP contribution in [0.1, 0.15) is 5.56 Å². The molecular formula is C18H19N3O5S. The summed E-state index contributed by atoms with van der Waals surface area (Å²) < 4.78 is 17.2. The van der Waals surface area contributed by atoms with E-state index in [1.54, 1.807) is 23.6 Å². The molecule has 2 heterocycles. The highest BCUT2D eigenvalue weighted by molar-refractivity contribution is 7.16. The minimum atomic E-state index is -0.315. The Morgan fingerprint density at radius 2 is 1.85 bits per heavy atom. The van der Waals surface area contributed by atoms with Crippen LogP contribution in [-0.4, -0.2) is 36.8 Å². The van der Waals surface area contributed by atoms with Crippen LogP contribution in [0.4, 0.5) is 0 Å². The van der Waals surface area contributed by atoms with E-state index in [1.807, 2.05) is 0 Å². The molecule has 0 saturated heterocycles. The van der Waals surface area contributed by atoms with Crippen LogP contribution < -0.4 is 25.1 Å². The summed E-state index contributed by atoms with van der Waals surface area (Å²) in [5.41, 5.74) is 0.488. The van der Waals surface area contributed by atoms with Crippen LogP contribution in [0.5, 0.6) is 17.2 Å². The van der Waals surface area contributed by atoms with E-state index >= 15 is 0 Å². The molecule has 142 valence electrons. The van der Waals surface area contributed by atoms with Crippen molar-refractivity contribution >= 4 is 27.5 Å². The maximum atomic E-state index is 12.4. The second-order valence-electron chi connectivity index (χ2n) is 5.61. The summed E-state index contributed by atoms with van der Waals surface area (Å²) in [6.07, 6.45) is 1.39. The van der Waals surface area contributed by atoms with Crippen molar-refractivity contribution in [3.63, 3.8) is 0 Å². The van der Waals surface area contributed by atoms with Crippen molar-refractivity contribution in [3.05, 3.63) is 45.8 Å². The summed E-state index contributed by atoms with van der Waals surface area (Å²) in [5.74, 6) is 1.31. The Hall–Kier alpha value is -3.07. The molecule has 27 heavy (non-hydrogen) atoms. The summed E-state index contributed by atoms with van der Waals surface area (Å²) in [7, 11) is 4.61. The summed E-state index contributed by atoms with van der Waals surface area (Å²) in [6, 6.07) is 5.14. The fourth-order valence-corrected chi connectivity index (χ4v) is 3.36. The number of ether oxygens (including phenoxy) is 3. The molecule has 2 aromatic heterocycles. The number of aromatic nitrogens is 2. The second-order valence-corrected chi connectivity index (χ2v) is 6.51. The minimum absolute atomic E-state index is 0.118. The SMILES string of the molecule is COc1cc(OC)c(OC)cc1CNC(=O)Cn1cnc2sccc2c1=O. The van der Waals surface area contributed by atoms with Crippen molar-refractivity contribution in [1.82, 2.24) is 14.9 Å². The number of rotatable bonds is 7. The van der Waals surface area contributed by atoms with E-state index in [9.17, 15) is 9.59 Å². The van der Waals surface area contributed by atoms with Crippen LogP contribution in [0.25, 0.3) is 10.2 Å². The van der Waals surface area contributed by atoms with Gasteiger partial charge in [0.1, 0.15) is 17.1 Å². The normalized spacial score (nSPS) is 10.6. The van der Waals surface area contributed by atoms with Crippen molar-refractivity contribution in [2.24, 2.45) is 0 Å². The van der Waals surface area contributed by atoms with E-state index in [0.29, 0.717) is 27.5 Å². The Kier molecular flexibility index (Phi) is 5.60. The third kappa shape index (κ3) is 3.87. The number of fused-ring (bicyclic) bond motifs is 1. The van der Waals surface area contributed by atoms with Crippen molar-refractivity contribution in [2.45, 2.75) is 13.1 Å². The molecule has 1 aromatic carbocycles. The van der Waals surface area contributed by atoms with Crippen LogP contribution in [0.15, 0.2) is 34.7 Å². The highest BCUT2D eigenvalue weighted by atomic mass is 32.1. The van der Waals surface area contributed by atoms with Gasteiger partial charge in [-0.1, -0.05) is 0 Å². The zero-order valence-electron chi connectivity index (χ0n) is 15.1. The van der Waals surface area contributed by atoms with Gasteiger partial charge in [0, 0.05) is 18.2 Å². The lowest BCUT2D eigenvalue weighted by Crippen LogP contribution is -2.32. The van der Waals surface area contributed by atoms with Gasteiger partial charge in [-0.2, -0.15) is 0 Å². The quantitative estimate of drug-likeness (QED) is 0.663. The van der Waals surface area contributed by atoms with E-state index in [-0.39, 0.29) is 24.6 Å². The van der Waals surface area contributed by atoms with Crippen molar-refractivity contribution < 1.29 is 19.0 Å². The molecule has 0 unspecified atom stereocenters. The second kappa shape index (κ2) is 8.09. The fourth-order valence-electron chi connectivity index (χ4n) is 2.64. The van der Waals surface area contributed by atoms with Gasteiger partial charge < -0.3 is 19.5 Å². The number of benzene rings is 1. The largest absolute Gasteiger partial charge is 0.496 e. The molecule has 1 amide bonds. The van der Waals surface area contributed by atoms with Gasteiger partial charge in [0.15, 0.2) is 11.5 Å². The summed E-state index contributed by atoms with van der Waals surface area (Å²) in [5, 5.41) is 5.09. The average molecular weight is 389 g/mol. The molecule has 0 aliphatic carbocycles. The van der Waals surface area contributed by atoms with Gasteiger partial charge in [0.05, 0.1) is 33.0 Å². The molecule has 3 rings (SSSR count). The first-order valence-corrected chi connectivity index (χ1v) is 8.93. The predicted octanol–water partition coefficient (Wildman–Crippen LogP) is 1.80. The van der Waals surface area contributed by atoms with Gasteiger partial charge in [0.25, 0.3) is 5.56 Å². The van der Waals surface area contributed by atoms with Crippen LogP contribution in [0.2, 0.25) is 0 Å². The first-order chi connectivity index (χ1) is 13.1. The lowest BCUT2D eigenvalue weighted by Gasteiger charge is -2.14. The number of methoxy groups -OCH3 is 3. The first kappa shape index (κ1) is 18.7. The fraction of sp³-hybridized carbons (Fsp3) is 0.278. The summed E-state index contributed by atoms with van der Waals surface area (Å²) >= 11 is 1.39. The third-order valence-corrected chi connectivity index (χ3v) is 4.85. The minimum Gasteiger partial charge on any atom is -0.496 e. The Balaban J connectivity index is 1.73. The number of thiophene rings is 1. The molecule has 0 radical (unpaired) electrons. The molecular weight excluding hydrogens is 370 g/mol. The molecule has 0 atom stereocenters. The molecule has 0 fully saturated rings. The number of hydrogen-bond acceptors (Lipinski definition) is 7. The number of nitrogens with zero attached hydrogens (tertiary/aromatic N) is 2. The molecule has 1 N–H and O–H groups in total. The number of amides is 1. The monoisotopic (exact) mass is 389 g/mol. The van der Waals surface area contributed by atoms with E-state index in [1.165, 1.54) is 43.6 Å². The van der Waals surface area contributed by atoms with Crippen LogP contribution in [-0.2, 0) is 17.9 Å². The standard InChI is InChI=1S/C18H19N3O5S/c1-24-13-7-15(26-3)14(25-2)6-11(13)8-19-16(22)9-21-10-20-17-12(18(21)23)4-5-27-17/h4-7,10H,8-9H2,1-3H3,(H,19,22). The maximum absolute atomic E-state index is 12.4. The predicted molar refractivity (Wildman–Crippen MR) is 102 cm³/mol. The number of carbonyl (C=O) groups excluding carboxylic acids is 1. The third-order valence-electron chi connectivity index (χ3n) is 4.03. The van der Waals surface area contributed by atoms with Crippen LogP contribution in [0.3, 0.4) is 0 Å². The number of carbonyl (C=O) groups is 1. The van der Waals surface area contributed by atoms with Crippen molar-refractivity contribution in [1.29, 1.82) is 0 Å². The van der Waals surface area contributed by atoms with Gasteiger partial charge in [-0.3, -0.25) is 14.2 Å². The van der Waals surface area contributed by atoms with E-state index < -0.39 is 0 Å². The Morgan fingerprint density at radius 1 is 1.15 bits per heavy atom. The Labute approximate surface area is 159 Å². The van der Waals surface area contributed by atoms with E-state index in [2.05, 4.69) is 10.3 Å². The molecule has 0 bridgehead atoms. The van der Waals surface area contributed by atoms with Gasteiger partial charge in [-0.05, 0) is 17.5 Å². The number of hydrogen-bond donors (Lipinski definition) is 1. The Morgan fingerprint density at radius 3 is 2.56 bits per heavy atom. The topological polar surface area (TPSA) is 91.7 Å². The molecule has 3 aromatic rings. The smallest absolute Gasteiger partial charge is 0.262 e. The maximum Gasteiger partial charge on any atom is 0.262 e. The van der Waals surface area contributed by atoms with E-state index in [4.69, 9.17) is 14.2 Å². The molecule has 0 aliphatic rings. The summed E-state index contributed by atoms with van der Waals surface area (Å²) in [4.78, 5) is 29.5. The van der Waals surface area contributed by atoms with Gasteiger partial charge in [-0.25, -0.2) is 4.98 Å². The first-order valence-electron chi connectivity index (χ1n) is 8.05. The highest BCUT2D eigenvalue weighted by Crippen LogP contribution is 2.34. The zero-order chi connectivity index (χ0) is 19.4. The molecule has 8 nitrogen and oxygen atoms in total. The molecule has 0 spiro atoms.